The van der Waals surface area contributed by atoms with Crippen LogP contribution in [0.3, 0.4) is 0 Å². The van der Waals surface area contributed by atoms with Crippen LogP contribution in [0.15, 0.2) is 34.7 Å². The predicted octanol–water partition coefficient (Wildman–Crippen LogP) is 4.38. The first-order chi connectivity index (χ1) is 12.0. The number of aryl methyl sites for hydroxylation is 3. The van der Waals surface area contributed by atoms with Gasteiger partial charge in [-0.1, -0.05) is 12.1 Å². The molecule has 0 unspecified atom stereocenters. The second-order valence-electron chi connectivity index (χ2n) is 6.30. The van der Waals surface area contributed by atoms with E-state index in [-0.39, 0.29) is 5.91 Å². The summed E-state index contributed by atoms with van der Waals surface area (Å²) in [4.78, 5) is 12.8. The molecule has 1 N–H and O–H groups in total. The van der Waals surface area contributed by atoms with Gasteiger partial charge in [-0.15, -0.1) is 0 Å². The molecule has 128 valence electrons. The number of para-hydroxylation sites is 1. The number of hydrogen-bond acceptors (Lipinski definition) is 4. The number of carbonyl (C=O) groups excluding carboxylic acids is 1. The van der Waals surface area contributed by atoms with Gasteiger partial charge >= 0.3 is 0 Å². The average molecular weight is 337 g/mol. The van der Waals surface area contributed by atoms with Crippen molar-refractivity contribution in [3.05, 3.63) is 52.8 Å². The lowest BCUT2D eigenvalue weighted by Gasteiger charge is -2.20. The first-order valence-electron chi connectivity index (χ1n) is 8.25. The van der Waals surface area contributed by atoms with Crippen molar-refractivity contribution in [2.75, 3.05) is 18.5 Å². The third-order valence-corrected chi connectivity index (χ3v) is 4.39. The summed E-state index contributed by atoms with van der Waals surface area (Å²) in [5.74, 6) is 1.21. The van der Waals surface area contributed by atoms with Gasteiger partial charge in [-0.05, 0) is 50.1 Å². The Hall–Kier alpha value is -2.95. The molecular formula is C20H19NO4. The highest BCUT2D eigenvalue weighted by Crippen LogP contribution is 2.38. The first kappa shape index (κ1) is 15.6. The van der Waals surface area contributed by atoms with Crippen molar-refractivity contribution < 1.29 is 18.7 Å². The molecule has 2 aromatic carbocycles. The third-order valence-electron chi connectivity index (χ3n) is 4.39. The zero-order chi connectivity index (χ0) is 17.6. The fourth-order valence-electron chi connectivity index (χ4n) is 3.24. The highest BCUT2D eigenvalue weighted by molar-refractivity contribution is 6.07. The monoisotopic (exact) mass is 337 g/mol. The molecule has 0 fully saturated rings. The smallest absolute Gasteiger partial charge is 0.291 e. The number of benzene rings is 2. The number of nitrogens with one attached hydrogen (secondary N) is 1. The zero-order valence-electron chi connectivity index (χ0n) is 14.4. The Labute approximate surface area is 145 Å². The van der Waals surface area contributed by atoms with E-state index in [9.17, 15) is 4.79 Å². The minimum absolute atomic E-state index is 0.298. The Morgan fingerprint density at radius 3 is 2.72 bits per heavy atom. The van der Waals surface area contributed by atoms with Gasteiger partial charge in [-0.3, -0.25) is 4.79 Å². The van der Waals surface area contributed by atoms with Crippen LogP contribution in [0.5, 0.6) is 11.5 Å². The number of anilines is 1. The van der Waals surface area contributed by atoms with E-state index in [1.165, 1.54) is 0 Å². The van der Waals surface area contributed by atoms with E-state index in [0.717, 1.165) is 27.7 Å². The Balaban J connectivity index is 1.72. The molecule has 3 aromatic rings. The molecule has 25 heavy (non-hydrogen) atoms. The fraction of sp³-hybridized carbons (Fsp3) is 0.250. The summed E-state index contributed by atoms with van der Waals surface area (Å²) < 4.78 is 17.1. The maximum absolute atomic E-state index is 12.8. The molecule has 4 rings (SSSR count). The van der Waals surface area contributed by atoms with E-state index in [2.05, 4.69) is 5.32 Å². The van der Waals surface area contributed by atoms with Crippen LogP contribution in [0.25, 0.3) is 11.0 Å². The quantitative estimate of drug-likeness (QED) is 0.754. The van der Waals surface area contributed by atoms with Crippen LogP contribution in [-0.4, -0.2) is 19.1 Å². The summed E-state index contributed by atoms with van der Waals surface area (Å²) in [5, 5.41) is 3.85. The van der Waals surface area contributed by atoms with Gasteiger partial charge in [0, 0.05) is 10.9 Å². The second kappa shape index (κ2) is 5.84. The van der Waals surface area contributed by atoms with E-state index in [1.54, 1.807) is 6.07 Å². The van der Waals surface area contributed by atoms with Gasteiger partial charge in [0.25, 0.3) is 5.91 Å². The Morgan fingerprint density at radius 2 is 1.88 bits per heavy atom. The molecule has 2 heterocycles. The lowest BCUT2D eigenvalue weighted by Crippen LogP contribution is -2.18. The second-order valence-corrected chi connectivity index (χ2v) is 6.30. The minimum atomic E-state index is -0.298. The number of fused-ring (bicyclic) bond motifs is 2. The number of carbonyl (C=O) groups is 1. The lowest BCUT2D eigenvalue weighted by atomic mass is 10.1. The molecule has 1 aliphatic heterocycles. The van der Waals surface area contributed by atoms with Crippen molar-refractivity contribution in [3.8, 4) is 11.5 Å². The van der Waals surface area contributed by atoms with Gasteiger partial charge in [-0.2, -0.15) is 0 Å². The summed E-state index contributed by atoms with van der Waals surface area (Å²) in [6, 6.07) is 9.52. The normalized spacial score (nSPS) is 13.1. The highest BCUT2D eigenvalue weighted by atomic mass is 16.6. The van der Waals surface area contributed by atoms with Crippen LogP contribution in [-0.2, 0) is 0 Å². The van der Waals surface area contributed by atoms with Crippen molar-refractivity contribution in [3.63, 3.8) is 0 Å². The van der Waals surface area contributed by atoms with Gasteiger partial charge in [0.1, 0.15) is 18.8 Å². The van der Waals surface area contributed by atoms with E-state index >= 15 is 0 Å². The minimum Gasteiger partial charge on any atom is -0.486 e. The summed E-state index contributed by atoms with van der Waals surface area (Å²) in [6.45, 7) is 6.89. The van der Waals surface area contributed by atoms with E-state index in [1.807, 2.05) is 45.0 Å². The molecule has 0 spiro atoms. The Bertz CT molecular complexity index is 987. The van der Waals surface area contributed by atoms with Gasteiger partial charge < -0.3 is 19.2 Å². The van der Waals surface area contributed by atoms with Crippen molar-refractivity contribution in [1.29, 1.82) is 0 Å². The number of ether oxygens (including phenoxy) is 2. The van der Waals surface area contributed by atoms with Crippen molar-refractivity contribution in [1.82, 2.24) is 0 Å². The van der Waals surface area contributed by atoms with Gasteiger partial charge in [-0.25, -0.2) is 0 Å². The maximum atomic E-state index is 12.8. The van der Waals surface area contributed by atoms with Crippen LogP contribution in [0, 0.1) is 20.8 Å². The maximum Gasteiger partial charge on any atom is 0.291 e. The zero-order valence-corrected chi connectivity index (χ0v) is 14.4. The van der Waals surface area contributed by atoms with Gasteiger partial charge in [0.2, 0.25) is 0 Å². The molecule has 1 aromatic heterocycles. The molecule has 1 amide bonds. The van der Waals surface area contributed by atoms with Crippen LogP contribution in [0.2, 0.25) is 0 Å². The molecular weight excluding hydrogens is 318 g/mol. The molecule has 5 nitrogen and oxygen atoms in total. The Kier molecular flexibility index (Phi) is 3.64. The number of hydrogen-bond donors (Lipinski definition) is 1. The Morgan fingerprint density at radius 1 is 1.08 bits per heavy atom. The molecule has 0 bridgehead atoms. The number of amides is 1. The van der Waals surface area contributed by atoms with Crippen LogP contribution in [0.4, 0.5) is 5.69 Å². The number of furan rings is 1. The van der Waals surface area contributed by atoms with Crippen LogP contribution in [0.1, 0.15) is 27.2 Å². The average Bonchev–Trinajstić information content (AvgIpc) is 2.93. The van der Waals surface area contributed by atoms with Gasteiger partial charge in [0.15, 0.2) is 17.3 Å². The summed E-state index contributed by atoms with van der Waals surface area (Å²) in [5.41, 5.74) is 4.33. The standard InChI is InChI=1S/C20H19NO4/c1-11-9-12(2)17-14(10-11)13(3)18(25-17)20(22)21-15-5-4-6-16-19(15)24-8-7-23-16/h4-6,9-10H,7-8H2,1-3H3,(H,21,22). The summed E-state index contributed by atoms with van der Waals surface area (Å²) >= 11 is 0. The molecule has 0 saturated heterocycles. The number of rotatable bonds is 2. The largest absolute Gasteiger partial charge is 0.486 e. The van der Waals surface area contributed by atoms with Crippen molar-refractivity contribution >= 4 is 22.6 Å². The molecule has 0 aliphatic carbocycles. The van der Waals surface area contributed by atoms with Crippen molar-refractivity contribution in [2.24, 2.45) is 0 Å². The summed E-state index contributed by atoms with van der Waals surface area (Å²) in [6.07, 6.45) is 0. The van der Waals surface area contributed by atoms with E-state index < -0.39 is 0 Å². The van der Waals surface area contributed by atoms with Crippen molar-refractivity contribution in [2.45, 2.75) is 20.8 Å². The lowest BCUT2D eigenvalue weighted by molar-refractivity contribution is 0.0996. The molecule has 5 heteroatoms. The third kappa shape index (κ3) is 2.61. The van der Waals surface area contributed by atoms with E-state index in [0.29, 0.717) is 36.2 Å². The van der Waals surface area contributed by atoms with Gasteiger partial charge in [0.05, 0.1) is 5.69 Å². The predicted molar refractivity (Wildman–Crippen MR) is 95.8 cm³/mol. The fourth-order valence-corrected chi connectivity index (χ4v) is 3.24. The SMILES string of the molecule is Cc1cc(C)c2oc(C(=O)Nc3cccc4c3OCCO4)c(C)c2c1. The van der Waals surface area contributed by atoms with E-state index in [4.69, 9.17) is 13.9 Å². The summed E-state index contributed by atoms with van der Waals surface area (Å²) in [7, 11) is 0. The van der Waals surface area contributed by atoms with Crippen LogP contribution >= 0.6 is 0 Å². The molecule has 1 aliphatic rings. The highest BCUT2D eigenvalue weighted by Gasteiger charge is 2.22. The molecule has 0 radical (unpaired) electrons. The van der Waals surface area contributed by atoms with Crippen LogP contribution < -0.4 is 14.8 Å². The topological polar surface area (TPSA) is 60.7 Å². The first-order valence-corrected chi connectivity index (χ1v) is 8.25. The molecule has 0 atom stereocenters. The molecule has 0 saturated carbocycles.